The summed E-state index contributed by atoms with van der Waals surface area (Å²) in [4.78, 5) is 4.81. The molecule has 3 rings (SSSR count). The van der Waals surface area contributed by atoms with E-state index in [1.165, 1.54) is 0 Å². The van der Waals surface area contributed by atoms with Crippen molar-refractivity contribution in [1.29, 1.82) is 0 Å². The molecule has 0 radical (unpaired) electrons. The van der Waals surface area contributed by atoms with Crippen LogP contribution in [0.5, 0.6) is 0 Å². The smallest absolute Gasteiger partial charge is 0.178 e. The molecule has 6 heteroatoms. The number of fused-ring (bicyclic) bond motifs is 1. The number of rotatable bonds is 2. The van der Waals surface area contributed by atoms with E-state index >= 15 is 0 Å². The van der Waals surface area contributed by atoms with E-state index in [9.17, 15) is 0 Å². The van der Waals surface area contributed by atoms with Gasteiger partial charge in [-0.1, -0.05) is 27.7 Å². The predicted molar refractivity (Wildman–Crippen MR) is 83.8 cm³/mol. The van der Waals surface area contributed by atoms with Crippen LogP contribution >= 0.6 is 0 Å². The third-order valence-corrected chi connectivity index (χ3v) is 4.06. The molecule has 1 saturated heterocycles. The molecule has 2 aromatic heterocycles. The maximum atomic E-state index is 4.78. The van der Waals surface area contributed by atoms with E-state index in [2.05, 4.69) is 53.8 Å². The van der Waals surface area contributed by atoms with Crippen molar-refractivity contribution in [3.8, 4) is 0 Å². The Labute approximate surface area is 125 Å². The van der Waals surface area contributed by atoms with E-state index in [-0.39, 0.29) is 5.41 Å². The summed E-state index contributed by atoms with van der Waals surface area (Å²) in [5, 5.41) is 13.3. The first kappa shape index (κ1) is 14.3. The van der Waals surface area contributed by atoms with E-state index in [1.807, 2.05) is 10.6 Å². The highest BCUT2D eigenvalue weighted by Crippen LogP contribution is 2.22. The van der Waals surface area contributed by atoms with Gasteiger partial charge in [0, 0.05) is 31.6 Å². The molecule has 6 nitrogen and oxygen atoms in total. The fraction of sp³-hybridized carbons (Fsp3) is 0.667. The summed E-state index contributed by atoms with van der Waals surface area (Å²) in [5.41, 5.74) is 0.752. The number of hydrogen-bond donors (Lipinski definition) is 0. The molecular weight excluding hydrogens is 264 g/mol. The second-order valence-corrected chi connectivity index (χ2v) is 6.66. The van der Waals surface area contributed by atoms with Gasteiger partial charge >= 0.3 is 0 Å². The van der Waals surface area contributed by atoms with E-state index < -0.39 is 0 Å². The van der Waals surface area contributed by atoms with Crippen molar-refractivity contribution in [3.05, 3.63) is 18.0 Å². The molecule has 0 aliphatic carbocycles. The van der Waals surface area contributed by atoms with Crippen LogP contribution in [0.15, 0.2) is 12.1 Å². The molecule has 114 valence electrons. The van der Waals surface area contributed by atoms with Gasteiger partial charge < -0.3 is 9.80 Å². The number of hydrogen-bond acceptors (Lipinski definition) is 5. The second kappa shape index (κ2) is 5.26. The van der Waals surface area contributed by atoms with Gasteiger partial charge in [-0.2, -0.15) is 4.52 Å². The third kappa shape index (κ3) is 2.72. The monoisotopic (exact) mass is 288 g/mol. The Morgan fingerprint density at radius 1 is 1.05 bits per heavy atom. The number of likely N-dealkylation sites (N-methyl/N-ethyl adjacent to an activating group) is 1. The first-order chi connectivity index (χ1) is 9.99. The molecule has 1 fully saturated rings. The summed E-state index contributed by atoms with van der Waals surface area (Å²) >= 11 is 0. The van der Waals surface area contributed by atoms with Gasteiger partial charge in [0.05, 0.1) is 0 Å². The largest absolute Gasteiger partial charge is 0.353 e. The van der Waals surface area contributed by atoms with Crippen molar-refractivity contribution in [3.63, 3.8) is 0 Å². The molecule has 21 heavy (non-hydrogen) atoms. The Morgan fingerprint density at radius 2 is 1.76 bits per heavy atom. The normalized spacial score (nSPS) is 17.6. The van der Waals surface area contributed by atoms with Gasteiger partial charge in [0.15, 0.2) is 11.5 Å². The summed E-state index contributed by atoms with van der Waals surface area (Å²) < 4.78 is 1.89. The van der Waals surface area contributed by atoms with Crippen molar-refractivity contribution in [2.75, 3.05) is 37.6 Å². The number of aromatic nitrogens is 4. The number of nitrogens with zero attached hydrogens (tertiary/aromatic N) is 6. The zero-order valence-electron chi connectivity index (χ0n) is 13.4. The van der Waals surface area contributed by atoms with Crippen LogP contribution in [-0.4, -0.2) is 57.4 Å². The zero-order valence-corrected chi connectivity index (χ0v) is 13.4. The number of anilines is 1. The van der Waals surface area contributed by atoms with Gasteiger partial charge in [0.2, 0.25) is 0 Å². The fourth-order valence-electron chi connectivity index (χ4n) is 2.71. The Morgan fingerprint density at radius 3 is 2.38 bits per heavy atom. The first-order valence-corrected chi connectivity index (χ1v) is 7.69. The minimum atomic E-state index is -0.0635. The molecule has 0 amide bonds. The molecule has 1 aliphatic heterocycles. The average Bonchev–Trinajstić information content (AvgIpc) is 2.90. The lowest BCUT2D eigenvalue weighted by molar-refractivity contribution is 0.270. The first-order valence-electron chi connectivity index (χ1n) is 7.69. The predicted octanol–water partition coefficient (Wildman–Crippen LogP) is 1.56. The lowest BCUT2D eigenvalue weighted by Crippen LogP contribution is -2.46. The van der Waals surface area contributed by atoms with Crippen LogP contribution in [0.2, 0.25) is 0 Å². The summed E-state index contributed by atoms with van der Waals surface area (Å²) in [5.74, 6) is 1.93. The Bertz CT molecular complexity index is 619. The van der Waals surface area contributed by atoms with E-state index in [4.69, 9.17) is 5.10 Å². The van der Waals surface area contributed by atoms with Crippen molar-refractivity contribution < 1.29 is 0 Å². The SMILES string of the molecule is CCN1CCN(c2ccc3nnc(C(C)(C)C)n3n2)CC1. The molecule has 0 N–H and O–H groups in total. The highest BCUT2D eigenvalue weighted by atomic mass is 15.4. The van der Waals surface area contributed by atoms with Gasteiger partial charge in [-0.3, -0.25) is 0 Å². The van der Waals surface area contributed by atoms with Gasteiger partial charge in [0.1, 0.15) is 5.82 Å². The molecular formula is C15H24N6. The van der Waals surface area contributed by atoms with E-state index in [0.717, 1.165) is 50.0 Å². The third-order valence-electron chi connectivity index (χ3n) is 4.06. The van der Waals surface area contributed by atoms with Crippen molar-refractivity contribution in [2.24, 2.45) is 0 Å². The van der Waals surface area contributed by atoms with Gasteiger partial charge in [0.25, 0.3) is 0 Å². The van der Waals surface area contributed by atoms with E-state index in [0.29, 0.717) is 0 Å². The lowest BCUT2D eigenvalue weighted by atomic mass is 9.96. The lowest BCUT2D eigenvalue weighted by Gasteiger charge is -2.34. The van der Waals surface area contributed by atoms with Crippen LogP contribution in [0.4, 0.5) is 5.82 Å². The summed E-state index contributed by atoms with van der Waals surface area (Å²) in [7, 11) is 0. The molecule has 0 unspecified atom stereocenters. The van der Waals surface area contributed by atoms with Gasteiger partial charge in [-0.05, 0) is 18.7 Å². The molecule has 0 aromatic carbocycles. The highest BCUT2D eigenvalue weighted by Gasteiger charge is 2.23. The quantitative estimate of drug-likeness (QED) is 0.839. The van der Waals surface area contributed by atoms with Crippen LogP contribution in [0.25, 0.3) is 5.65 Å². The molecule has 0 atom stereocenters. The Balaban J connectivity index is 1.90. The molecule has 0 bridgehead atoms. The van der Waals surface area contributed by atoms with Crippen LogP contribution in [-0.2, 0) is 5.41 Å². The minimum Gasteiger partial charge on any atom is -0.353 e. The average molecular weight is 288 g/mol. The topological polar surface area (TPSA) is 49.6 Å². The van der Waals surface area contributed by atoms with Crippen LogP contribution < -0.4 is 4.90 Å². The second-order valence-electron chi connectivity index (χ2n) is 6.66. The maximum absolute atomic E-state index is 4.78. The fourth-order valence-corrected chi connectivity index (χ4v) is 2.71. The Kier molecular flexibility index (Phi) is 3.57. The summed E-state index contributed by atoms with van der Waals surface area (Å²) in [6, 6.07) is 4.06. The zero-order chi connectivity index (χ0) is 15.0. The molecule has 0 saturated carbocycles. The van der Waals surface area contributed by atoms with Crippen LogP contribution in [0.3, 0.4) is 0 Å². The van der Waals surface area contributed by atoms with Crippen LogP contribution in [0.1, 0.15) is 33.5 Å². The molecule has 1 aliphatic rings. The Hall–Kier alpha value is -1.69. The van der Waals surface area contributed by atoms with Crippen molar-refractivity contribution in [1.82, 2.24) is 24.7 Å². The minimum absolute atomic E-state index is 0.0635. The molecule has 2 aromatic rings. The van der Waals surface area contributed by atoms with Gasteiger partial charge in [-0.25, -0.2) is 0 Å². The molecule has 0 spiro atoms. The standard InChI is InChI=1S/C15H24N6/c1-5-19-8-10-20(11-9-19)13-7-6-12-16-17-14(15(2,3)4)21(12)18-13/h6-7H,5,8-11H2,1-4H3. The highest BCUT2D eigenvalue weighted by molar-refractivity contribution is 5.46. The van der Waals surface area contributed by atoms with Crippen LogP contribution in [0, 0.1) is 0 Å². The van der Waals surface area contributed by atoms with Gasteiger partial charge in [-0.15, -0.1) is 15.3 Å². The maximum Gasteiger partial charge on any atom is 0.178 e. The number of piperazine rings is 1. The van der Waals surface area contributed by atoms with Crippen molar-refractivity contribution >= 4 is 11.5 Å². The summed E-state index contributed by atoms with van der Waals surface area (Å²) in [6.07, 6.45) is 0. The van der Waals surface area contributed by atoms with E-state index in [1.54, 1.807) is 0 Å². The summed E-state index contributed by atoms with van der Waals surface area (Å²) in [6.45, 7) is 14.0. The van der Waals surface area contributed by atoms with Crippen molar-refractivity contribution in [2.45, 2.75) is 33.1 Å². The molecule has 3 heterocycles.